The summed E-state index contributed by atoms with van der Waals surface area (Å²) in [6.07, 6.45) is 2.90. The van der Waals surface area contributed by atoms with Crippen LogP contribution >= 0.6 is 0 Å². The second kappa shape index (κ2) is 12.7. The van der Waals surface area contributed by atoms with E-state index >= 15 is 0 Å². The maximum atomic E-state index is 13.2. The summed E-state index contributed by atoms with van der Waals surface area (Å²) in [6.45, 7) is 7.95. The van der Waals surface area contributed by atoms with Gasteiger partial charge in [-0.1, -0.05) is 0 Å². The minimum absolute atomic E-state index is 0.378. The van der Waals surface area contributed by atoms with E-state index in [0.717, 1.165) is 47.6 Å². The number of unbranched alkanes of at least 4 members (excludes halogenated alkanes) is 3. The third-order valence-electron chi connectivity index (χ3n) is 7.21. The Hall–Kier alpha value is -1.35. The zero-order chi connectivity index (χ0) is 25.5. The molecule has 1 fully saturated rings. The van der Waals surface area contributed by atoms with E-state index in [-0.39, 0.29) is 6.10 Å². The van der Waals surface area contributed by atoms with Gasteiger partial charge in [0.2, 0.25) is 0 Å². The van der Waals surface area contributed by atoms with Gasteiger partial charge < -0.3 is 0 Å². The van der Waals surface area contributed by atoms with Crippen molar-refractivity contribution in [2.45, 2.75) is 91.3 Å². The van der Waals surface area contributed by atoms with Gasteiger partial charge in [-0.15, -0.1) is 0 Å². The van der Waals surface area contributed by atoms with Crippen molar-refractivity contribution in [1.82, 2.24) is 9.97 Å². The summed E-state index contributed by atoms with van der Waals surface area (Å²) in [5, 5.41) is 10.2. The third-order valence-corrected chi connectivity index (χ3v) is 21.8. The van der Waals surface area contributed by atoms with Gasteiger partial charge in [0.05, 0.1) is 0 Å². The van der Waals surface area contributed by atoms with Gasteiger partial charge in [0.25, 0.3) is 0 Å². The van der Waals surface area contributed by atoms with Gasteiger partial charge in [-0.25, -0.2) is 0 Å². The number of anilines is 1. The van der Waals surface area contributed by atoms with Gasteiger partial charge in [0.15, 0.2) is 0 Å². The van der Waals surface area contributed by atoms with Gasteiger partial charge >= 0.3 is 213 Å². The van der Waals surface area contributed by atoms with E-state index in [1.54, 1.807) is 0 Å². The SMILES string of the molecule is CCC[CH2][Sn]([CH2]CCC)([CH2]CCC)[c]1nc(-c2ccc(C(F)(F)F)cc2)cc(N2CCC(O)C2)n1. The minimum atomic E-state index is -4.36. The van der Waals surface area contributed by atoms with Crippen LogP contribution in [0.3, 0.4) is 0 Å². The van der Waals surface area contributed by atoms with Gasteiger partial charge in [-0.2, -0.15) is 0 Å². The number of benzene rings is 1. The zero-order valence-corrected chi connectivity index (χ0v) is 24.2. The number of halogens is 3. The molecule has 194 valence electrons. The van der Waals surface area contributed by atoms with Gasteiger partial charge in [0.1, 0.15) is 0 Å². The summed E-state index contributed by atoms with van der Waals surface area (Å²) >= 11 is -2.99. The summed E-state index contributed by atoms with van der Waals surface area (Å²) in [5.74, 6) is 0.812. The Morgan fingerprint density at radius 2 is 1.51 bits per heavy atom. The van der Waals surface area contributed by atoms with Crippen LogP contribution in [0, 0.1) is 0 Å². The standard InChI is InChI=1S/C15H13F3N3O.3C4H9.Sn/c16-15(17,18)11-3-1-10(2-4-11)13-7-14(20-9-19-13)21-6-5-12(22)8-21;3*1-3-4-2;/h1-4,7,12,22H,5-6,8H2;3*1,3-4H2,2H3;. The average Bonchev–Trinajstić information content (AvgIpc) is 3.29. The molecule has 3 rings (SSSR count). The molecule has 1 aliphatic heterocycles. The van der Waals surface area contributed by atoms with Crippen LogP contribution in [0.15, 0.2) is 30.3 Å². The van der Waals surface area contributed by atoms with Crippen molar-refractivity contribution in [3.05, 3.63) is 35.9 Å². The molecule has 0 amide bonds. The number of aliphatic hydroxyl groups excluding tert-OH is 1. The van der Waals surface area contributed by atoms with Crippen LogP contribution in [0.4, 0.5) is 19.0 Å². The molecule has 1 aromatic carbocycles. The van der Waals surface area contributed by atoms with E-state index < -0.39 is 30.1 Å². The number of hydrogen-bond acceptors (Lipinski definition) is 4. The van der Waals surface area contributed by atoms with Crippen LogP contribution in [0.2, 0.25) is 13.3 Å². The van der Waals surface area contributed by atoms with Crippen molar-refractivity contribution in [3.63, 3.8) is 0 Å². The number of nitrogens with zero attached hydrogens (tertiary/aromatic N) is 3. The van der Waals surface area contributed by atoms with Crippen molar-refractivity contribution in [2.24, 2.45) is 0 Å². The predicted octanol–water partition coefficient (Wildman–Crippen LogP) is 6.79. The molecule has 1 aliphatic rings. The Morgan fingerprint density at radius 3 is 1.97 bits per heavy atom. The molecule has 2 heterocycles. The Labute approximate surface area is 212 Å². The van der Waals surface area contributed by atoms with Crippen LogP contribution < -0.4 is 8.74 Å². The normalized spacial score (nSPS) is 16.8. The summed E-state index contributed by atoms with van der Waals surface area (Å²) < 4.78 is 44.1. The molecule has 0 bridgehead atoms. The molecule has 4 nitrogen and oxygen atoms in total. The molecule has 8 heteroatoms. The first-order chi connectivity index (χ1) is 16.7. The fraction of sp³-hybridized carbons (Fsp3) is 0.630. The molecular weight excluding hydrogens is 558 g/mol. The summed E-state index contributed by atoms with van der Waals surface area (Å²) in [7, 11) is 0. The predicted molar refractivity (Wildman–Crippen MR) is 140 cm³/mol. The first kappa shape index (κ1) is 28.2. The number of rotatable bonds is 12. The number of alkyl halides is 3. The van der Waals surface area contributed by atoms with E-state index in [9.17, 15) is 18.3 Å². The van der Waals surface area contributed by atoms with Crippen LogP contribution in [-0.4, -0.2) is 52.6 Å². The first-order valence-corrected chi connectivity index (χ1v) is 20.7. The molecule has 1 aromatic heterocycles. The van der Waals surface area contributed by atoms with Gasteiger partial charge in [0, 0.05) is 0 Å². The third kappa shape index (κ3) is 7.34. The zero-order valence-electron chi connectivity index (χ0n) is 21.4. The van der Waals surface area contributed by atoms with Crippen LogP contribution in [0.1, 0.15) is 71.3 Å². The van der Waals surface area contributed by atoms with Crippen molar-refractivity contribution < 1.29 is 18.3 Å². The molecule has 0 saturated carbocycles. The van der Waals surface area contributed by atoms with Crippen LogP contribution in [-0.2, 0) is 6.18 Å². The number of aromatic nitrogens is 2. The quantitative estimate of drug-likeness (QED) is 0.274. The number of hydrogen-bond donors (Lipinski definition) is 1. The monoisotopic (exact) mass is 599 g/mol. The van der Waals surface area contributed by atoms with Crippen LogP contribution in [0.25, 0.3) is 11.3 Å². The molecule has 0 spiro atoms. The van der Waals surface area contributed by atoms with Crippen molar-refractivity contribution in [3.8, 4) is 11.3 Å². The molecule has 1 unspecified atom stereocenters. The van der Waals surface area contributed by atoms with E-state index in [0.29, 0.717) is 24.2 Å². The fourth-order valence-corrected chi connectivity index (χ4v) is 19.9. The summed E-state index contributed by atoms with van der Waals surface area (Å²) in [4.78, 5) is 12.4. The summed E-state index contributed by atoms with van der Waals surface area (Å²) in [5.41, 5.74) is 0.732. The molecular formula is C27H40F3N3OSn. The molecule has 1 saturated heterocycles. The van der Waals surface area contributed by atoms with E-state index in [2.05, 4.69) is 25.7 Å². The maximum absolute atomic E-state index is 13.2. The Balaban J connectivity index is 2.13. The van der Waals surface area contributed by atoms with Crippen molar-refractivity contribution in [1.29, 1.82) is 0 Å². The van der Waals surface area contributed by atoms with Crippen molar-refractivity contribution >= 4 is 28.0 Å². The fourth-order valence-electron chi connectivity index (χ4n) is 5.02. The van der Waals surface area contributed by atoms with Crippen LogP contribution in [0.5, 0.6) is 0 Å². The molecule has 1 N–H and O–H groups in total. The summed E-state index contributed by atoms with van der Waals surface area (Å²) in [6, 6.07) is 7.23. The number of β-amino-alcohol motifs (C(OH)–C–C–N with tert-alkyl or cyclic N) is 1. The molecule has 2 aromatic rings. The van der Waals surface area contributed by atoms with Gasteiger partial charge in [-0.05, 0) is 0 Å². The van der Waals surface area contributed by atoms with E-state index in [1.165, 1.54) is 44.7 Å². The number of aliphatic hydroxyl groups is 1. The molecule has 0 aliphatic carbocycles. The molecule has 0 radical (unpaired) electrons. The molecule has 35 heavy (non-hydrogen) atoms. The Bertz CT molecular complexity index is 914. The first-order valence-electron chi connectivity index (χ1n) is 13.2. The van der Waals surface area contributed by atoms with Crippen molar-refractivity contribution in [2.75, 3.05) is 18.0 Å². The van der Waals surface area contributed by atoms with E-state index in [4.69, 9.17) is 9.97 Å². The second-order valence-corrected chi connectivity index (χ2v) is 22.9. The Kier molecular flexibility index (Phi) is 10.3. The topological polar surface area (TPSA) is 49.2 Å². The molecule has 1 atom stereocenters. The Morgan fingerprint density at radius 1 is 0.943 bits per heavy atom. The average molecular weight is 598 g/mol. The van der Waals surface area contributed by atoms with E-state index in [1.807, 2.05) is 6.07 Å². The second-order valence-electron chi connectivity index (χ2n) is 9.99. The van der Waals surface area contributed by atoms with Gasteiger partial charge in [-0.3, -0.25) is 0 Å².